The van der Waals surface area contributed by atoms with Gasteiger partial charge in [-0.2, -0.15) is 17.9 Å². The normalized spacial score (nSPS) is 12.0. The number of nitrogens with zero attached hydrogens (tertiary/aromatic N) is 5. The van der Waals surface area contributed by atoms with Crippen LogP contribution in [0.15, 0.2) is 81.1 Å². The lowest BCUT2D eigenvalue weighted by atomic mass is 10.1. The van der Waals surface area contributed by atoms with Crippen molar-refractivity contribution in [2.75, 3.05) is 0 Å². The van der Waals surface area contributed by atoms with Crippen molar-refractivity contribution < 1.29 is 13.2 Å². The number of hydrogen-bond acceptors (Lipinski definition) is 7. The van der Waals surface area contributed by atoms with Crippen molar-refractivity contribution in [3.8, 4) is 27.6 Å². The number of benzene rings is 2. The lowest BCUT2D eigenvalue weighted by Gasteiger charge is -2.01. The topological polar surface area (TPSA) is 88.3 Å². The minimum atomic E-state index is -4.53. The van der Waals surface area contributed by atoms with Crippen LogP contribution >= 0.6 is 22.7 Å². The lowest BCUT2D eigenvalue weighted by Crippen LogP contribution is -2.13. The molecule has 176 valence electrons. The number of aromatic nitrogens is 4. The summed E-state index contributed by atoms with van der Waals surface area (Å²) in [6, 6.07) is 18.5. The Morgan fingerprint density at radius 2 is 1.60 bits per heavy atom. The summed E-state index contributed by atoms with van der Waals surface area (Å²) in [6.45, 7) is 1.25. The Labute approximate surface area is 204 Å². The molecule has 0 saturated heterocycles. The van der Waals surface area contributed by atoms with E-state index in [1.165, 1.54) is 22.9 Å². The summed E-state index contributed by atoms with van der Waals surface area (Å²) in [4.78, 5) is 20.9. The molecular weight excluding hydrogens is 497 g/mol. The lowest BCUT2D eigenvalue weighted by molar-refractivity contribution is -0.134. The minimum absolute atomic E-state index is 0.0610. The molecular formula is C23H15F3N6OS2. The van der Waals surface area contributed by atoms with E-state index in [2.05, 4.69) is 25.3 Å². The van der Waals surface area contributed by atoms with Crippen LogP contribution in [0, 0.1) is 6.92 Å². The summed E-state index contributed by atoms with van der Waals surface area (Å²) in [5.74, 6) is 0. The molecule has 2 aromatic carbocycles. The van der Waals surface area contributed by atoms with E-state index in [9.17, 15) is 18.0 Å². The first-order valence-electron chi connectivity index (χ1n) is 10.2. The van der Waals surface area contributed by atoms with Gasteiger partial charge in [0.05, 0.1) is 17.1 Å². The monoisotopic (exact) mass is 512 g/mol. The second-order valence-electron chi connectivity index (χ2n) is 7.33. The highest BCUT2D eigenvalue weighted by atomic mass is 32.1. The fourth-order valence-corrected chi connectivity index (χ4v) is 4.90. The van der Waals surface area contributed by atoms with Crippen molar-refractivity contribution in [2.24, 2.45) is 10.2 Å². The second-order valence-corrected chi connectivity index (χ2v) is 9.15. The van der Waals surface area contributed by atoms with Gasteiger partial charge in [0.1, 0.15) is 4.88 Å². The highest BCUT2D eigenvalue weighted by Gasteiger charge is 2.36. The first-order valence-corrected chi connectivity index (χ1v) is 11.9. The van der Waals surface area contributed by atoms with E-state index in [-0.39, 0.29) is 16.5 Å². The number of azo groups is 1. The smallest absolute Gasteiger partial charge is 0.286 e. The first-order chi connectivity index (χ1) is 16.8. The van der Waals surface area contributed by atoms with Crippen LogP contribution in [-0.2, 0) is 6.18 Å². The van der Waals surface area contributed by atoms with Crippen LogP contribution in [0.3, 0.4) is 0 Å². The highest BCUT2D eigenvalue weighted by molar-refractivity contribution is 7.15. The number of rotatable bonds is 5. The molecule has 0 amide bonds. The Balaban J connectivity index is 1.58. The van der Waals surface area contributed by atoms with Crippen LogP contribution in [0.25, 0.3) is 27.6 Å². The van der Waals surface area contributed by atoms with E-state index < -0.39 is 16.6 Å². The molecule has 7 nitrogen and oxygen atoms in total. The molecule has 0 radical (unpaired) electrons. The van der Waals surface area contributed by atoms with Gasteiger partial charge in [-0.1, -0.05) is 72.0 Å². The standard InChI is InChI=1S/C23H15F3N6OS2/c1-13-19(23(24,25)26)35-21(27-13)30-29-18-17(15-10-6-3-7-11-15)31-32(20(18)33)22-28-16(12-34-22)14-8-4-2-5-9-14/h2-12,31H,1H3. The van der Waals surface area contributed by atoms with Gasteiger partial charge in [0.25, 0.3) is 0 Å². The van der Waals surface area contributed by atoms with Gasteiger partial charge in [0.2, 0.25) is 10.3 Å². The van der Waals surface area contributed by atoms with Gasteiger partial charge >= 0.3 is 11.7 Å². The van der Waals surface area contributed by atoms with Gasteiger partial charge in [0, 0.05) is 16.5 Å². The van der Waals surface area contributed by atoms with Crippen LogP contribution in [0.2, 0.25) is 0 Å². The van der Waals surface area contributed by atoms with E-state index in [1.54, 1.807) is 24.3 Å². The van der Waals surface area contributed by atoms with Crippen molar-refractivity contribution in [1.82, 2.24) is 19.7 Å². The van der Waals surface area contributed by atoms with Crippen molar-refractivity contribution in [3.05, 3.63) is 87.0 Å². The molecule has 35 heavy (non-hydrogen) atoms. The SMILES string of the molecule is Cc1nc(N=Nc2c(-c3ccccc3)[nH]n(-c3nc(-c4ccccc4)cs3)c2=O)sc1C(F)(F)F. The van der Waals surface area contributed by atoms with Gasteiger partial charge in [-0.25, -0.2) is 9.97 Å². The summed E-state index contributed by atoms with van der Waals surface area (Å²) in [5, 5.41) is 12.9. The average Bonchev–Trinajstić information content (AvgIpc) is 3.56. The third-order valence-electron chi connectivity index (χ3n) is 4.96. The van der Waals surface area contributed by atoms with Crippen molar-refractivity contribution in [1.29, 1.82) is 0 Å². The predicted molar refractivity (Wildman–Crippen MR) is 129 cm³/mol. The number of aryl methyl sites for hydroxylation is 1. The number of alkyl halides is 3. The van der Waals surface area contributed by atoms with Crippen LogP contribution in [0.4, 0.5) is 24.0 Å². The Morgan fingerprint density at radius 3 is 2.23 bits per heavy atom. The molecule has 0 aliphatic rings. The van der Waals surface area contributed by atoms with Crippen LogP contribution in [-0.4, -0.2) is 19.7 Å². The maximum Gasteiger partial charge on any atom is 0.427 e. The van der Waals surface area contributed by atoms with E-state index in [1.807, 2.05) is 41.8 Å². The third kappa shape index (κ3) is 4.57. The van der Waals surface area contributed by atoms with Gasteiger partial charge in [-0.15, -0.1) is 21.6 Å². The maximum absolute atomic E-state index is 13.3. The van der Waals surface area contributed by atoms with Crippen molar-refractivity contribution in [3.63, 3.8) is 0 Å². The molecule has 12 heteroatoms. The van der Waals surface area contributed by atoms with Gasteiger partial charge in [-0.3, -0.25) is 9.89 Å². The quantitative estimate of drug-likeness (QED) is 0.254. The van der Waals surface area contributed by atoms with E-state index >= 15 is 0 Å². The molecule has 1 N–H and O–H groups in total. The molecule has 0 bridgehead atoms. The highest BCUT2D eigenvalue weighted by Crippen LogP contribution is 2.39. The minimum Gasteiger partial charge on any atom is -0.286 e. The molecule has 0 unspecified atom stereocenters. The van der Waals surface area contributed by atoms with E-state index in [0.29, 0.717) is 33.4 Å². The molecule has 5 rings (SSSR count). The van der Waals surface area contributed by atoms with Crippen LogP contribution in [0.1, 0.15) is 10.6 Å². The largest absolute Gasteiger partial charge is 0.427 e. The zero-order valence-electron chi connectivity index (χ0n) is 17.9. The summed E-state index contributed by atoms with van der Waals surface area (Å²) in [7, 11) is 0. The number of H-pyrrole nitrogens is 1. The van der Waals surface area contributed by atoms with Gasteiger partial charge < -0.3 is 0 Å². The van der Waals surface area contributed by atoms with Gasteiger partial charge in [-0.05, 0) is 6.92 Å². The Bertz CT molecular complexity index is 1570. The zero-order valence-corrected chi connectivity index (χ0v) is 19.6. The van der Waals surface area contributed by atoms with Crippen LogP contribution in [0.5, 0.6) is 0 Å². The molecule has 0 aliphatic heterocycles. The summed E-state index contributed by atoms with van der Waals surface area (Å²) in [6.07, 6.45) is -4.53. The average molecular weight is 513 g/mol. The number of aromatic amines is 1. The zero-order chi connectivity index (χ0) is 24.6. The van der Waals surface area contributed by atoms with Gasteiger partial charge in [0.15, 0.2) is 5.69 Å². The fourth-order valence-electron chi connectivity index (χ4n) is 3.35. The van der Waals surface area contributed by atoms with Crippen molar-refractivity contribution >= 4 is 33.5 Å². The van der Waals surface area contributed by atoms with Crippen molar-refractivity contribution in [2.45, 2.75) is 13.1 Å². The Kier molecular flexibility index (Phi) is 5.91. The molecule has 0 fully saturated rings. The number of halogens is 3. The molecule has 5 aromatic rings. The summed E-state index contributed by atoms with van der Waals surface area (Å²) < 4.78 is 40.6. The number of hydrogen-bond donors (Lipinski definition) is 1. The van der Waals surface area contributed by atoms with E-state index in [0.717, 1.165) is 5.56 Å². The summed E-state index contributed by atoms with van der Waals surface area (Å²) >= 11 is 1.64. The third-order valence-corrected chi connectivity index (χ3v) is 6.87. The Hall–Kier alpha value is -3.90. The molecule has 0 saturated carbocycles. The molecule has 0 spiro atoms. The number of nitrogens with one attached hydrogen (secondary N) is 1. The number of thiazole rings is 2. The molecule has 0 atom stereocenters. The predicted octanol–water partition coefficient (Wildman–Crippen LogP) is 7.16. The molecule has 0 aliphatic carbocycles. The first kappa shape index (κ1) is 22.9. The van der Waals surface area contributed by atoms with E-state index in [4.69, 9.17) is 0 Å². The molecule has 3 heterocycles. The maximum atomic E-state index is 13.3. The Morgan fingerprint density at radius 1 is 0.943 bits per heavy atom. The summed E-state index contributed by atoms with van der Waals surface area (Å²) in [5.41, 5.74) is 1.83. The van der Waals surface area contributed by atoms with Crippen LogP contribution < -0.4 is 5.56 Å². The second kappa shape index (κ2) is 9.04. The fraction of sp³-hybridized carbons (Fsp3) is 0.0870. The molecule has 3 aromatic heterocycles.